The van der Waals surface area contributed by atoms with Gasteiger partial charge in [-0.15, -0.1) is 0 Å². The Labute approximate surface area is 74.0 Å². The van der Waals surface area contributed by atoms with Gasteiger partial charge in [0.05, 0.1) is 5.41 Å². The zero-order valence-electron chi connectivity index (χ0n) is 7.97. The van der Waals surface area contributed by atoms with Gasteiger partial charge in [-0.2, -0.15) is 0 Å². The van der Waals surface area contributed by atoms with Crippen LogP contribution in [0.4, 0.5) is 0 Å². The summed E-state index contributed by atoms with van der Waals surface area (Å²) in [5.41, 5.74) is -0.438. The average Bonchev–Trinajstić information content (AvgIpc) is 2.05. The third kappa shape index (κ3) is 1.47. The highest BCUT2D eigenvalue weighted by molar-refractivity contribution is 5.74. The van der Waals surface area contributed by atoms with Gasteiger partial charge in [0.25, 0.3) is 0 Å². The Hall–Kier alpha value is -0.530. The SMILES string of the molecule is CCC1CCCCC1(C)C(=O)O. The fourth-order valence-corrected chi connectivity index (χ4v) is 2.34. The zero-order chi connectivity index (χ0) is 9.19. The van der Waals surface area contributed by atoms with Crippen molar-refractivity contribution in [2.75, 3.05) is 0 Å². The van der Waals surface area contributed by atoms with E-state index >= 15 is 0 Å². The third-order valence-electron chi connectivity index (χ3n) is 3.38. The summed E-state index contributed by atoms with van der Waals surface area (Å²) < 4.78 is 0. The summed E-state index contributed by atoms with van der Waals surface area (Å²) in [5, 5.41) is 9.10. The number of carbonyl (C=O) groups is 1. The number of carboxylic acid groups (broad SMARTS) is 1. The van der Waals surface area contributed by atoms with Gasteiger partial charge in [-0.25, -0.2) is 0 Å². The maximum Gasteiger partial charge on any atom is 0.309 e. The highest BCUT2D eigenvalue weighted by atomic mass is 16.4. The van der Waals surface area contributed by atoms with Crippen molar-refractivity contribution >= 4 is 5.97 Å². The Kier molecular flexibility index (Phi) is 2.76. The molecule has 0 radical (unpaired) electrons. The molecule has 0 heterocycles. The summed E-state index contributed by atoms with van der Waals surface area (Å²) in [5.74, 6) is -0.210. The lowest BCUT2D eigenvalue weighted by Crippen LogP contribution is -2.38. The van der Waals surface area contributed by atoms with E-state index in [-0.39, 0.29) is 0 Å². The minimum atomic E-state index is -0.603. The van der Waals surface area contributed by atoms with Crippen molar-refractivity contribution in [2.24, 2.45) is 11.3 Å². The van der Waals surface area contributed by atoms with Crippen molar-refractivity contribution < 1.29 is 9.90 Å². The second-order valence-corrected chi connectivity index (χ2v) is 4.07. The summed E-state index contributed by atoms with van der Waals surface area (Å²) in [6, 6.07) is 0. The molecule has 1 rings (SSSR count). The van der Waals surface area contributed by atoms with E-state index in [1.807, 2.05) is 6.92 Å². The van der Waals surface area contributed by atoms with Crippen LogP contribution in [-0.4, -0.2) is 11.1 Å². The van der Waals surface area contributed by atoms with Crippen LogP contribution in [0.15, 0.2) is 0 Å². The van der Waals surface area contributed by atoms with Crippen molar-refractivity contribution in [3.8, 4) is 0 Å². The molecule has 0 saturated heterocycles. The van der Waals surface area contributed by atoms with Crippen LogP contribution in [0.25, 0.3) is 0 Å². The Morgan fingerprint density at radius 2 is 2.25 bits per heavy atom. The summed E-state index contributed by atoms with van der Waals surface area (Å²) in [7, 11) is 0. The Balaban J connectivity index is 2.75. The smallest absolute Gasteiger partial charge is 0.309 e. The molecular formula is C10H18O2. The molecule has 2 unspecified atom stereocenters. The number of hydrogen-bond acceptors (Lipinski definition) is 1. The molecule has 0 aliphatic heterocycles. The first kappa shape index (κ1) is 9.56. The monoisotopic (exact) mass is 170 g/mol. The fourth-order valence-electron chi connectivity index (χ4n) is 2.34. The summed E-state index contributed by atoms with van der Waals surface area (Å²) in [6.07, 6.45) is 5.25. The van der Waals surface area contributed by atoms with E-state index in [9.17, 15) is 4.79 Å². The molecule has 0 amide bonds. The summed E-state index contributed by atoms with van der Waals surface area (Å²) >= 11 is 0. The molecule has 0 bridgehead atoms. The van der Waals surface area contributed by atoms with E-state index in [1.165, 1.54) is 6.42 Å². The van der Waals surface area contributed by atoms with Gasteiger partial charge in [0, 0.05) is 0 Å². The predicted molar refractivity (Wildman–Crippen MR) is 48.0 cm³/mol. The first-order valence-electron chi connectivity index (χ1n) is 4.84. The zero-order valence-corrected chi connectivity index (χ0v) is 7.97. The first-order valence-corrected chi connectivity index (χ1v) is 4.84. The normalized spacial score (nSPS) is 36.3. The van der Waals surface area contributed by atoms with Gasteiger partial charge in [-0.05, 0) is 25.7 Å². The third-order valence-corrected chi connectivity index (χ3v) is 3.38. The van der Waals surface area contributed by atoms with Gasteiger partial charge < -0.3 is 5.11 Å². The van der Waals surface area contributed by atoms with E-state index in [4.69, 9.17) is 5.11 Å². The van der Waals surface area contributed by atoms with Crippen LogP contribution >= 0.6 is 0 Å². The molecule has 1 fully saturated rings. The van der Waals surface area contributed by atoms with Crippen molar-refractivity contribution in [1.29, 1.82) is 0 Å². The molecule has 0 spiro atoms. The van der Waals surface area contributed by atoms with Gasteiger partial charge in [-0.3, -0.25) is 4.79 Å². The Bertz CT molecular complexity index is 177. The highest BCUT2D eigenvalue weighted by Crippen LogP contribution is 2.42. The van der Waals surface area contributed by atoms with Gasteiger partial charge in [0.2, 0.25) is 0 Å². The minimum Gasteiger partial charge on any atom is -0.481 e. The van der Waals surface area contributed by atoms with E-state index < -0.39 is 11.4 Å². The molecule has 0 aromatic heterocycles. The molecule has 1 aliphatic rings. The second-order valence-electron chi connectivity index (χ2n) is 4.07. The minimum absolute atomic E-state index is 0.392. The molecule has 0 aromatic rings. The van der Waals surface area contributed by atoms with Crippen LogP contribution in [0.1, 0.15) is 46.0 Å². The lowest BCUT2D eigenvalue weighted by atomic mass is 9.66. The maximum atomic E-state index is 11.0. The maximum absolute atomic E-state index is 11.0. The number of carboxylic acids is 1. The van der Waals surface area contributed by atoms with Crippen LogP contribution in [-0.2, 0) is 4.79 Å². The molecule has 12 heavy (non-hydrogen) atoms. The second kappa shape index (κ2) is 3.46. The van der Waals surface area contributed by atoms with Gasteiger partial charge >= 0.3 is 5.97 Å². The van der Waals surface area contributed by atoms with E-state index in [0.29, 0.717) is 5.92 Å². The summed E-state index contributed by atoms with van der Waals surface area (Å²) in [4.78, 5) is 11.0. The molecule has 1 saturated carbocycles. The lowest BCUT2D eigenvalue weighted by molar-refractivity contribution is -0.153. The standard InChI is InChI=1S/C10H18O2/c1-3-8-6-4-5-7-10(8,2)9(11)12/h8H,3-7H2,1-2H3,(H,11,12). The Morgan fingerprint density at radius 3 is 2.67 bits per heavy atom. The van der Waals surface area contributed by atoms with Crippen LogP contribution in [0.3, 0.4) is 0 Å². The molecule has 2 nitrogen and oxygen atoms in total. The molecule has 1 aliphatic carbocycles. The molecule has 2 heteroatoms. The van der Waals surface area contributed by atoms with Crippen LogP contribution < -0.4 is 0 Å². The van der Waals surface area contributed by atoms with E-state index in [0.717, 1.165) is 25.7 Å². The largest absolute Gasteiger partial charge is 0.481 e. The Morgan fingerprint density at radius 1 is 1.58 bits per heavy atom. The first-order chi connectivity index (χ1) is 5.61. The van der Waals surface area contributed by atoms with E-state index in [1.54, 1.807) is 0 Å². The van der Waals surface area contributed by atoms with Crippen LogP contribution in [0, 0.1) is 11.3 Å². The van der Waals surface area contributed by atoms with Gasteiger partial charge in [0.1, 0.15) is 0 Å². The number of rotatable bonds is 2. The topological polar surface area (TPSA) is 37.3 Å². The lowest BCUT2D eigenvalue weighted by Gasteiger charge is -2.37. The van der Waals surface area contributed by atoms with Crippen molar-refractivity contribution in [3.05, 3.63) is 0 Å². The number of aliphatic carboxylic acids is 1. The molecule has 70 valence electrons. The summed E-state index contributed by atoms with van der Waals surface area (Å²) in [6.45, 7) is 4.00. The van der Waals surface area contributed by atoms with Crippen molar-refractivity contribution in [1.82, 2.24) is 0 Å². The van der Waals surface area contributed by atoms with Crippen molar-refractivity contribution in [2.45, 2.75) is 46.0 Å². The van der Waals surface area contributed by atoms with Gasteiger partial charge in [-0.1, -0.05) is 26.2 Å². The average molecular weight is 170 g/mol. The quantitative estimate of drug-likeness (QED) is 0.691. The molecule has 0 aromatic carbocycles. The predicted octanol–water partition coefficient (Wildman–Crippen LogP) is 2.68. The van der Waals surface area contributed by atoms with Crippen molar-refractivity contribution in [3.63, 3.8) is 0 Å². The van der Waals surface area contributed by atoms with Gasteiger partial charge in [0.15, 0.2) is 0 Å². The highest BCUT2D eigenvalue weighted by Gasteiger charge is 2.41. The van der Waals surface area contributed by atoms with Crippen LogP contribution in [0.2, 0.25) is 0 Å². The number of hydrogen-bond donors (Lipinski definition) is 1. The van der Waals surface area contributed by atoms with Crippen LogP contribution in [0.5, 0.6) is 0 Å². The van der Waals surface area contributed by atoms with E-state index in [2.05, 4.69) is 6.92 Å². The molecule has 2 atom stereocenters. The molecular weight excluding hydrogens is 152 g/mol. The molecule has 1 N–H and O–H groups in total. The fraction of sp³-hybridized carbons (Fsp3) is 0.900.